The first-order valence-corrected chi connectivity index (χ1v) is 9.18. The fourth-order valence-electron chi connectivity index (χ4n) is 3.55. The Balaban J connectivity index is 1.56. The van der Waals surface area contributed by atoms with E-state index in [1.54, 1.807) is 0 Å². The summed E-state index contributed by atoms with van der Waals surface area (Å²) in [6, 6.07) is 16.6. The number of fused-ring (bicyclic) bond motifs is 1. The van der Waals surface area contributed by atoms with E-state index in [9.17, 15) is 4.79 Å². The van der Waals surface area contributed by atoms with Gasteiger partial charge in [0.2, 0.25) is 0 Å². The first-order chi connectivity index (χ1) is 12.8. The predicted molar refractivity (Wildman–Crippen MR) is 101 cm³/mol. The molecule has 0 radical (unpaired) electrons. The van der Waals surface area contributed by atoms with Gasteiger partial charge in [0.05, 0.1) is 19.8 Å². The van der Waals surface area contributed by atoms with Gasteiger partial charge in [-0.2, -0.15) is 0 Å². The molecule has 5 heteroatoms. The van der Waals surface area contributed by atoms with Gasteiger partial charge in [-0.1, -0.05) is 36.4 Å². The Labute approximate surface area is 154 Å². The summed E-state index contributed by atoms with van der Waals surface area (Å²) in [5, 5.41) is 0. The molecule has 26 heavy (non-hydrogen) atoms. The number of morpholine rings is 1. The van der Waals surface area contributed by atoms with Crippen molar-refractivity contribution in [1.29, 1.82) is 0 Å². The topological polar surface area (TPSA) is 42.0 Å². The Morgan fingerprint density at radius 2 is 1.65 bits per heavy atom. The highest BCUT2D eigenvalue weighted by Crippen LogP contribution is 2.30. The summed E-state index contributed by atoms with van der Waals surface area (Å²) in [5.74, 6) is 0.0319. The highest BCUT2D eigenvalue weighted by atomic mass is 16.5. The molecule has 0 bridgehead atoms. The average molecular weight is 352 g/mol. The second kappa shape index (κ2) is 7.99. The second-order valence-corrected chi connectivity index (χ2v) is 6.70. The lowest BCUT2D eigenvalue weighted by Gasteiger charge is -2.30. The van der Waals surface area contributed by atoms with Crippen LogP contribution >= 0.6 is 0 Å². The zero-order valence-electron chi connectivity index (χ0n) is 14.9. The molecule has 0 unspecified atom stereocenters. The number of carbonyl (C=O) groups excluding carboxylic acids is 1. The van der Waals surface area contributed by atoms with Gasteiger partial charge in [-0.15, -0.1) is 0 Å². The first kappa shape index (κ1) is 17.2. The number of anilines is 1. The molecular formula is C21H24N2O3. The zero-order valence-corrected chi connectivity index (χ0v) is 14.9. The van der Waals surface area contributed by atoms with Crippen LogP contribution in [0.25, 0.3) is 11.1 Å². The van der Waals surface area contributed by atoms with E-state index in [2.05, 4.69) is 35.2 Å². The number of hydrogen-bond acceptors (Lipinski definition) is 4. The van der Waals surface area contributed by atoms with Crippen LogP contribution < -0.4 is 4.90 Å². The molecule has 4 rings (SSSR count). The molecule has 5 nitrogen and oxygen atoms in total. The highest BCUT2D eigenvalue weighted by molar-refractivity contribution is 5.96. The largest absolute Gasteiger partial charge is 0.379 e. The third-order valence-corrected chi connectivity index (χ3v) is 5.01. The van der Waals surface area contributed by atoms with Crippen LogP contribution in [0.15, 0.2) is 48.5 Å². The van der Waals surface area contributed by atoms with Crippen LogP contribution in [0, 0.1) is 0 Å². The summed E-state index contributed by atoms with van der Waals surface area (Å²) in [6.07, 6.45) is 0. The molecule has 2 aromatic rings. The van der Waals surface area contributed by atoms with E-state index >= 15 is 0 Å². The molecule has 2 aliphatic heterocycles. The molecule has 136 valence electrons. The second-order valence-electron chi connectivity index (χ2n) is 6.70. The van der Waals surface area contributed by atoms with Crippen LogP contribution in [0.4, 0.5) is 5.69 Å². The summed E-state index contributed by atoms with van der Waals surface area (Å²) >= 11 is 0. The maximum Gasteiger partial charge on any atom is 0.253 e. The van der Waals surface area contributed by atoms with E-state index in [0.29, 0.717) is 13.2 Å². The molecule has 0 saturated carbocycles. The number of benzene rings is 2. The van der Waals surface area contributed by atoms with Gasteiger partial charge in [-0.3, -0.25) is 9.69 Å². The summed E-state index contributed by atoms with van der Waals surface area (Å²) in [5.41, 5.74) is 4.36. The first-order valence-electron chi connectivity index (χ1n) is 9.18. The lowest BCUT2D eigenvalue weighted by molar-refractivity contribution is -0.123. The van der Waals surface area contributed by atoms with E-state index in [0.717, 1.165) is 49.7 Å². The van der Waals surface area contributed by atoms with E-state index in [4.69, 9.17) is 9.47 Å². The normalized spacial score (nSPS) is 18.5. The Hall–Kier alpha value is -2.21. The predicted octanol–water partition coefficient (Wildman–Crippen LogP) is 2.55. The molecule has 0 atom stereocenters. The van der Waals surface area contributed by atoms with Crippen molar-refractivity contribution in [3.63, 3.8) is 0 Å². The Kier molecular flexibility index (Phi) is 5.29. The molecule has 0 aliphatic carbocycles. The van der Waals surface area contributed by atoms with E-state index in [-0.39, 0.29) is 12.5 Å². The van der Waals surface area contributed by atoms with Crippen molar-refractivity contribution < 1.29 is 14.3 Å². The standard InChI is InChI=1S/C21H24N2O3/c24-21-16-26-15-19-14-18(17-4-2-1-3-5-17)6-7-20(19)23(21)9-8-22-10-12-25-13-11-22/h1-7,14H,8-13,15-16H2. The molecule has 1 fully saturated rings. The van der Waals surface area contributed by atoms with Crippen LogP contribution in [0.3, 0.4) is 0 Å². The van der Waals surface area contributed by atoms with Crippen molar-refractivity contribution in [3.8, 4) is 11.1 Å². The molecule has 0 N–H and O–H groups in total. The van der Waals surface area contributed by atoms with Crippen molar-refractivity contribution in [2.24, 2.45) is 0 Å². The summed E-state index contributed by atoms with van der Waals surface area (Å²) in [4.78, 5) is 16.8. The van der Waals surface area contributed by atoms with E-state index in [1.165, 1.54) is 5.56 Å². The smallest absolute Gasteiger partial charge is 0.253 e. The Morgan fingerprint density at radius 1 is 0.846 bits per heavy atom. The van der Waals surface area contributed by atoms with E-state index < -0.39 is 0 Å². The van der Waals surface area contributed by atoms with Crippen LogP contribution in [0.1, 0.15) is 5.56 Å². The van der Waals surface area contributed by atoms with Crippen LogP contribution in [0.2, 0.25) is 0 Å². The SMILES string of the molecule is O=C1COCc2cc(-c3ccccc3)ccc2N1CCN1CCOCC1. The van der Waals surface area contributed by atoms with Crippen molar-refractivity contribution in [3.05, 3.63) is 54.1 Å². The quantitative estimate of drug-likeness (QED) is 0.848. The number of nitrogens with zero attached hydrogens (tertiary/aromatic N) is 2. The van der Waals surface area contributed by atoms with Gasteiger partial charge in [0.1, 0.15) is 6.61 Å². The van der Waals surface area contributed by atoms with Crippen LogP contribution in [-0.4, -0.2) is 56.8 Å². The summed E-state index contributed by atoms with van der Waals surface area (Å²) in [7, 11) is 0. The molecule has 0 aromatic heterocycles. The van der Waals surface area contributed by atoms with Crippen molar-refractivity contribution in [1.82, 2.24) is 4.90 Å². The molecule has 0 spiro atoms. The molecule has 1 saturated heterocycles. The van der Waals surface area contributed by atoms with Gasteiger partial charge in [0.15, 0.2) is 0 Å². The summed E-state index contributed by atoms with van der Waals surface area (Å²) < 4.78 is 11.0. The third-order valence-electron chi connectivity index (χ3n) is 5.01. The Bertz CT molecular complexity index is 757. The number of amides is 1. The summed E-state index contributed by atoms with van der Waals surface area (Å²) in [6.45, 7) is 5.54. The van der Waals surface area contributed by atoms with Gasteiger partial charge in [-0.25, -0.2) is 0 Å². The van der Waals surface area contributed by atoms with Crippen molar-refractivity contribution in [2.45, 2.75) is 6.61 Å². The molecule has 2 aliphatic rings. The van der Waals surface area contributed by atoms with Crippen LogP contribution in [-0.2, 0) is 20.9 Å². The minimum absolute atomic E-state index is 0.0319. The zero-order chi connectivity index (χ0) is 17.8. The minimum Gasteiger partial charge on any atom is -0.379 e. The lowest BCUT2D eigenvalue weighted by atomic mass is 10.0. The fourth-order valence-corrected chi connectivity index (χ4v) is 3.55. The highest BCUT2D eigenvalue weighted by Gasteiger charge is 2.24. The molecule has 2 heterocycles. The maximum atomic E-state index is 12.6. The van der Waals surface area contributed by atoms with Crippen molar-refractivity contribution >= 4 is 11.6 Å². The van der Waals surface area contributed by atoms with Gasteiger partial charge in [0.25, 0.3) is 5.91 Å². The van der Waals surface area contributed by atoms with Crippen LogP contribution in [0.5, 0.6) is 0 Å². The number of hydrogen-bond donors (Lipinski definition) is 0. The van der Waals surface area contributed by atoms with Gasteiger partial charge < -0.3 is 14.4 Å². The molecular weight excluding hydrogens is 328 g/mol. The lowest BCUT2D eigenvalue weighted by Crippen LogP contribution is -2.43. The fraction of sp³-hybridized carbons (Fsp3) is 0.381. The third kappa shape index (κ3) is 3.80. The van der Waals surface area contributed by atoms with E-state index in [1.807, 2.05) is 23.1 Å². The van der Waals surface area contributed by atoms with Gasteiger partial charge in [0, 0.05) is 37.4 Å². The number of rotatable bonds is 4. The molecule has 2 aromatic carbocycles. The maximum absolute atomic E-state index is 12.6. The molecule has 1 amide bonds. The number of carbonyl (C=O) groups is 1. The monoisotopic (exact) mass is 352 g/mol. The number of ether oxygens (including phenoxy) is 2. The average Bonchev–Trinajstić information content (AvgIpc) is 2.85. The Morgan fingerprint density at radius 3 is 2.46 bits per heavy atom. The minimum atomic E-state index is 0.0319. The van der Waals surface area contributed by atoms with Gasteiger partial charge >= 0.3 is 0 Å². The van der Waals surface area contributed by atoms with Crippen molar-refractivity contribution in [2.75, 3.05) is 50.9 Å². The van der Waals surface area contributed by atoms with Gasteiger partial charge in [-0.05, 0) is 23.3 Å².